The molecule has 9 heteroatoms. The van der Waals surface area contributed by atoms with Crippen molar-refractivity contribution in [1.82, 2.24) is 0 Å². The quantitative estimate of drug-likeness (QED) is 0.127. The SMILES string of the molecule is O=C(C1CCC(OC2CCC(OC3CCC(OC4CCC(OC5CCCCC5)CC4)CC3)CC2)CC1)C1CCC(OC2CCC(C(=O)C3CC(I)CCC3I)CC2)CC1. The summed E-state index contributed by atoms with van der Waals surface area (Å²) in [6, 6.07) is 0. The number of ketones is 2. The molecular weight excluding hydrogens is 966 g/mol. The molecule has 8 saturated carbocycles. The average Bonchev–Trinajstić information content (AvgIpc) is 3.27. The van der Waals surface area contributed by atoms with E-state index in [0.29, 0.717) is 80.5 Å². The van der Waals surface area contributed by atoms with Gasteiger partial charge in [0.05, 0.1) is 61.0 Å². The van der Waals surface area contributed by atoms with Gasteiger partial charge in [0, 0.05) is 31.5 Å². The number of rotatable bonds is 14. The third-order valence-corrected chi connectivity index (χ3v) is 19.3. The second kappa shape index (κ2) is 23.2. The highest BCUT2D eigenvalue weighted by Crippen LogP contribution is 2.41. The molecule has 0 aliphatic heterocycles. The molecule has 0 aromatic rings. The molecule has 3 unspecified atom stereocenters. The van der Waals surface area contributed by atoms with E-state index in [2.05, 4.69) is 45.2 Å². The molecule has 0 amide bonds. The third kappa shape index (κ3) is 13.6. The van der Waals surface area contributed by atoms with E-state index >= 15 is 0 Å². The Morgan fingerprint density at radius 3 is 0.898 bits per heavy atom. The Morgan fingerprint density at radius 1 is 0.305 bits per heavy atom. The zero-order valence-corrected chi connectivity index (χ0v) is 40.8. The van der Waals surface area contributed by atoms with Crippen molar-refractivity contribution in [2.24, 2.45) is 23.7 Å². The summed E-state index contributed by atoms with van der Waals surface area (Å²) in [4.78, 5) is 27.0. The lowest BCUT2D eigenvalue weighted by Crippen LogP contribution is -2.38. The number of ether oxygens (including phenoxy) is 5. The number of carbonyl (C=O) groups excluding carboxylic acids is 2. The van der Waals surface area contributed by atoms with Crippen LogP contribution in [0.1, 0.15) is 205 Å². The normalized spacial score (nSPS) is 43.2. The van der Waals surface area contributed by atoms with Crippen molar-refractivity contribution < 1.29 is 33.3 Å². The highest BCUT2D eigenvalue weighted by Gasteiger charge is 2.40. The summed E-state index contributed by atoms with van der Waals surface area (Å²) in [5, 5.41) is 0. The number of hydrogen-bond acceptors (Lipinski definition) is 7. The first kappa shape index (κ1) is 46.1. The number of Topliss-reactive ketones (excluding diaryl/α,β-unsaturated/α-hetero) is 2. The van der Waals surface area contributed by atoms with Crippen LogP contribution in [0.2, 0.25) is 0 Å². The Bertz CT molecular complexity index is 1260. The fourth-order valence-electron chi connectivity index (χ4n) is 12.9. The van der Waals surface area contributed by atoms with Gasteiger partial charge in [-0.15, -0.1) is 0 Å². The lowest BCUT2D eigenvalue weighted by Gasteiger charge is -2.38. The van der Waals surface area contributed by atoms with Crippen LogP contribution in [-0.2, 0) is 33.3 Å². The summed E-state index contributed by atoms with van der Waals surface area (Å²) in [6.07, 6.45) is 39.9. The summed E-state index contributed by atoms with van der Waals surface area (Å²) in [5.74, 6) is 2.04. The van der Waals surface area contributed by atoms with Crippen LogP contribution in [0.25, 0.3) is 0 Å². The van der Waals surface area contributed by atoms with Crippen LogP contribution < -0.4 is 0 Å². The van der Waals surface area contributed by atoms with Gasteiger partial charge in [-0.2, -0.15) is 0 Å². The zero-order chi connectivity index (χ0) is 40.6. The molecular formula is C50H80I2O7. The van der Waals surface area contributed by atoms with E-state index in [4.69, 9.17) is 23.7 Å². The van der Waals surface area contributed by atoms with Crippen molar-refractivity contribution in [1.29, 1.82) is 0 Å². The monoisotopic (exact) mass is 1050 g/mol. The van der Waals surface area contributed by atoms with Crippen LogP contribution in [0.3, 0.4) is 0 Å². The van der Waals surface area contributed by atoms with E-state index in [1.54, 1.807) is 0 Å². The molecule has 0 aromatic carbocycles. The lowest BCUT2D eigenvalue weighted by molar-refractivity contribution is -0.133. The second-order valence-electron chi connectivity index (χ2n) is 20.9. The van der Waals surface area contributed by atoms with Crippen molar-refractivity contribution in [2.45, 2.75) is 274 Å². The van der Waals surface area contributed by atoms with Crippen molar-refractivity contribution in [2.75, 3.05) is 0 Å². The minimum Gasteiger partial charge on any atom is -0.375 e. The fraction of sp³-hybridized carbons (Fsp3) is 0.960. The summed E-state index contributed by atoms with van der Waals surface area (Å²) in [5.41, 5.74) is 0. The van der Waals surface area contributed by atoms with Crippen molar-refractivity contribution >= 4 is 56.7 Å². The van der Waals surface area contributed by atoms with Crippen LogP contribution in [0.15, 0.2) is 0 Å². The van der Waals surface area contributed by atoms with Gasteiger partial charge >= 0.3 is 0 Å². The maximum Gasteiger partial charge on any atom is 0.140 e. The molecule has 0 N–H and O–H groups in total. The summed E-state index contributed by atoms with van der Waals surface area (Å²) < 4.78 is 34.3. The van der Waals surface area contributed by atoms with Crippen LogP contribution in [0.4, 0.5) is 0 Å². The molecule has 336 valence electrons. The molecule has 0 heterocycles. The minimum absolute atomic E-state index is 0.220. The maximum atomic E-state index is 13.7. The molecule has 8 fully saturated rings. The van der Waals surface area contributed by atoms with Gasteiger partial charge in [0.2, 0.25) is 0 Å². The number of alkyl halides is 2. The average molecular weight is 1050 g/mol. The predicted octanol–water partition coefficient (Wildman–Crippen LogP) is 12.6. The molecule has 8 rings (SSSR count). The first-order valence-corrected chi connectivity index (χ1v) is 27.9. The highest BCUT2D eigenvalue weighted by molar-refractivity contribution is 14.1. The first-order chi connectivity index (χ1) is 28.8. The zero-order valence-electron chi connectivity index (χ0n) is 36.5. The largest absolute Gasteiger partial charge is 0.375 e. The molecule has 3 atom stereocenters. The van der Waals surface area contributed by atoms with Gasteiger partial charge < -0.3 is 23.7 Å². The Hall–Kier alpha value is 0.600. The van der Waals surface area contributed by atoms with Crippen molar-refractivity contribution in [3.63, 3.8) is 0 Å². The van der Waals surface area contributed by atoms with Crippen molar-refractivity contribution in [3.8, 4) is 0 Å². The molecule has 0 bridgehead atoms. The van der Waals surface area contributed by atoms with E-state index in [9.17, 15) is 9.59 Å². The molecule has 0 radical (unpaired) electrons. The van der Waals surface area contributed by atoms with E-state index in [-0.39, 0.29) is 23.7 Å². The first-order valence-electron chi connectivity index (χ1n) is 25.4. The van der Waals surface area contributed by atoms with Crippen molar-refractivity contribution in [3.05, 3.63) is 0 Å². The van der Waals surface area contributed by atoms with E-state index in [1.165, 1.54) is 70.6 Å². The highest BCUT2D eigenvalue weighted by atomic mass is 127. The summed E-state index contributed by atoms with van der Waals surface area (Å²) in [7, 11) is 0. The van der Waals surface area contributed by atoms with Gasteiger partial charge in [-0.1, -0.05) is 64.4 Å². The third-order valence-electron chi connectivity index (χ3n) is 16.6. The molecule has 0 saturated heterocycles. The van der Waals surface area contributed by atoms with E-state index in [0.717, 1.165) is 135 Å². The Morgan fingerprint density at radius 2 is 0.576 bits per heavy atom. The van der Waals surface area contributed by atoms with Gasteiger partial charge in [0.1, 0.15) is 11.6 Å². The maximum absolute atomic E-state index is 13.7. The Balaban J connectivity index is 0.642. The van der Waals surface area contributed by atoms with Gasteiger partial charge in [-0.05, 0) is 186 Å². The lowest BCUT2D eigenvalue weighted by atomic mass is 9.75. The van der Waals surface area contributed by atoms with Crippen LogP contribution in [-0.4, -0.2) is 80.5 Å². The smallest absolute Gasteiger partial charge is 0.140 e. The van der Waals surface area contributed by atoms with E-state index in [1.807, 2.05) is 0 Å². The number of carbonyl (C=O) groups is 2. The summed E-state index contributed by atoms with van der Waals surface area (Å²) >= 11 is 5.09. The van der Waals surface area contributed by atoms with Gasteiger partial charge in [0.25, 0.3) is 0 Å². The molecule has 0 spiro atoms. The Labute approximate surface area is 385 Å². The topological polar surface area (TPSA) is 80.3 Å². The molecule has 8 aliphatic rings. The van der Waals surface area contributed by atoms with Crippen LogP contribution in [0.5, 0.6) is 0 Å². The Kier molecular flexibility index (Phi) is 18.1. The standard InChI is InChI=1S/C50H80I2O7/c51-36-12-31-48(52)47(32-36)50(54)35-10-17-40(18-11-35)56-38-13-6-33(7-14-38)49(53)34-8-15-39(16-9-34)57-42-23-25-44(26-24-42)59-46-29-27-45(28-30-46)58-43-21-19-41(20-22-43)55-37-4-2-1-3-5-37/h33-48H,1-32H2. The number of hydrogen-bond donors (Lipinski definition) is 0. The molecule has 59 heavy (non-hydrogen) atoms. The van der Waals surface area contributed by atoms with Crippen LogP contribution >= 0.6 is 45.2 Å². The van der Waals surface area contributed by atoms with Crippen LogP contribution in [0, 0.1) is 23.7 Å². The molecule has 7 nitrogen and oxygen atoms in total. The molecule has 0 aromatic heterocycles. The predicted molar refractivity (Wildman–Crippen MR) is 251 cm³/mol. The van der Waals surface area contributed by atoms with Gasteiger partial charge in [0.15, 0.2) is 0 Å². The van der Waals surface area contributed by atoms with Gasteiger partial charge in [-0.25, -0.2) is 0 Å². The second-order valence-corrected chi connectivity index (χ2v) is 24.3. The molecule has 8 aliphatic carbocycles. The fourth-order valence-corrected chi connectivity index (χ4v) is 14.9. The number of halogens is 2. The summed E-state index contributed by atoms with van der Waals surface area (Å²) in [6.45, 7) is 0. The minimum atomic E-state index is 0.220. The van der Waals surface area contributed by atoms with E-state index < -0.39 is 0 Å². The van der Waals surface area contributed by atoms with Gasteiger partial charge in [-0.3, -0.25) is 9.59 Å².